The van der Waals surface area contributed by atoms with Crippen LogP contribution in [-0.4, -0.2) is 6.54 Å². The number of nitrogens with one attached hydrogen (secondary N) is 1. The molecule has 1 fully saturated rings. The Balaban J connectivity index is 2.05. The van der Waals surface area contributed by atoms with Gasteiger partial charge in [-0.2, -0.15) is 13.2 Å². The summed E-state index contributed by atoms with van der Waals surface area (Å²) in [5.74, 6) is 0.577. The molecule has 1 N–H and O–H groups in total. The summed E-state index contributed by atoms with van der Waals surface area (Å²) in [7, 11) is 0. The van der Waals surface area contributed by atoms with Gasteiger partial charge in [-0.1, -0.05) is 32.0 Å². The molecule has 0 bridgehead atoms. The summed E-state index contributed by atoms with van der Waals surface area (Å²) in [6, 6.07) is 5.51. The lowest BCUT2D eigenvalue weighted by atomic mass is 10.0. The number of hydrogen-bond donors (Lipinski definition) is 1. The van der Waals surface area contributed by atoms with Crippen molar-refractivity contribution in [3.63, 3.8) is 0 Å². The van der Waals surface area contributed by atoms with Crippen molar-refractivity contribution in [3.8, 4) is 0 Å². The van der Waals surface area contributed by atoms with Crippen molar-refractivity contribution in [1.29, 1.82) is 0 Å². The van der Waals surface area contributed by atoms with Gasteiger partial charge in [0.25, 0.3) is 0 Å². The SMILES string of the molecule is CC(NCC1CC1(C)C)c1ccccc1C(F)(F)F. The van der Waals surface area contributed by atoms with E-state index < -0.39 is 11.7 Å². The highest BCUT2D eigenvalue weighted by Crippen LogP contribution is 2.51. The minimum absolute atomic E-state index is 0.283. The molecule has 0 heterocycles. The molecule has 0 amide bonds. The molecule has 1 aromatic carbocycles. The lowest BCUT2D eigenvalue weighted by Crippen LogP contribution is -2.24. The lowest BCUT2D eigenvalue weighted by Gasteiger charge is -2.20. The van der Waals surface area contributed by atoms with Crippen molar-refractivity contribution in [2.24, 2.45) is 11.3 Å². The van der Waals surface area contributed by atoms with E-state index >= 15 is 0 Å². The van der Waals surface area contributed by atoms with E-state index in [0.717, 1.165) is 19.0 Å². The Bertz CT molecular complexity index is 451. The molecule has 0 aliphatic heterocycles. The quantitative estimate of drug-likeness (QED) is 0.855. The van der Waals surface area contributed by atoms with E-state index in [9.17, 15) is 13.2 Å². The minimum atomic E-state index is -4.29. The van der Waals surface area contributed by atoms with Gasteiger partial charge >= 0.3 is 6.18 Å². The second-order valence-corrected chi connectivity index (χ2v) is 6.10. The Labute approximate surface area is 112 Å². The Hall–Kier alpha value is -1.03. The van der Waals surface area contributed by atoms with E-state index in [0.29, 0.717) is 16.9 Å². The van der Waals surface area contributed by atoms with Crippen molar-refractivity contribution in [1.82, 2.24) is 5.32 Å². The zero-order valence-corrected chi connectivity index (χ0v) is 11.5. The molecule has 1 aromatic rings. The Kier molecular flexibility index (Phi) is 3.65. The van der Waals surface area contributed by atoms with Crippen molar-refractivity contribution >= 4 is 0 Å². The van der Waals surface area contributed by atoms with Crippen LogP contribution in [0.5, 0.6) is 0 Å². The van der Waals surface area contributed by atoms with E-state index in [4.69, 9.17) is 0 Å². The summed E-state index contributed by atoms with van der Waals surface area (Å²) in [5, 5.41) is 3.23. The highest BCUT2D eigenvalue weighted by atomic mass is 19.4. The van der Waals surface area contributed by atoms with E-state index in [1.807, 2.05) is 0 Å². The third-order valence-corrected chi connectivity index (χ3v) is 4.12. The molecule has 1 nitrogen and oxygen atoms in total. The molecule has 0 aromatic heterocycles. The van der Waals surface area contributed by atoms with Crippen LogP contribution in [0.25, 0.3) is 0 Å². The maximum Gasteiger partial charge on any atom is 0.416 e. The number of rotatable bonds is 4. The van der Waals surface area contributed by atoms with Gasteiger partial charge in [-0.05, 0) is 42.9 Å². The highest BCUT2D eigenvalue weighted by molar-refractivity contribution is 5.32. The smallest absolute Gasteiger partial charge is 0.310 e. The Morgan fingerprint density at radius 1 is 1.32 bits per heavy atom. The van der Waals surface area contributed by atoms with Gasteiger partial charge in [0, 0.05) is 6.04 Å². The van der Waals surface area contributed by atoms with Crippen LogP contribution in [0.3, 0.4) is 0 Å². The fraction of sp³-hybridized carbons (Fsp3) is 0.600. The normalized spacial score (nSPS) is 23.2. The first-order valence-corrected chi connectivity index (χ1v) is 6.61. The molecule has 1 saturated carbocycles. The highest BCUT2D eigenvalue weighted by Gasteiger charge is 2.45. The molecular weight excluding hydrogens is 251 g/mol. The van der Waals surface area contributed by atoms with Crippen LogP contribution < -0.4 is 5.32 Å². The van der Waals surface area contributed by atoms with Crippen molar-refractivity contribution in [3.05, 3.63) is 35.4 Å². The van der Waals surface area contributed by atoms with E-state index in [1.165, 1.54) is 6.07 Å². The average molecular weight is 271 g/mol. The largest absolute Gasteiger partial charge is 0.416 e. The standard InChI is InChI=1S/C15H20F3N/c1-10(19-9-11-8-14(11,2)3)12-6-4-5-7-13(12)15(16,17)18/h4-7,10-11,19H,8-9H2,1-3H3. The van der Waals surface area contributed by atoms with Crippen LogP contribution in [0.4, 0.5) is 13.2 Å². The molecule has 0 saturated heterocycles. The van der Waals surface area contributed by atoms with Crippen LogP contribution in [0, 0.1) is 11.3 Å². The van der Waals surface area contributed by atoms with Crippen molar-refractivity contribution in [2.75, 3.05) is 6.54 Å². The maximum atomic E-state index is 12.9. The first kappa shape index (κ1) is 14.4. The molecule has 4 heteroatoms. The van der Waals surface area contributed by atoms with Gasteiger partial charge in [-0.25, -0.2) is 0 Å². The Morgan fingerprint density at radius 2 is 1.89 bits per heavy atom. The van der Waals surface area contributed by atoms with Gasteiger partial charge in [0.15, 0.2) is 0 Å². The third kappa shape index (κ3) is 3.30. The zero-order chi connectivity index (χ0) is 14.3. The van der Waals surface area contributed by atoms with Crippen molar-refractivity contribution in [2.45, 2.75) is 39.4 Å². The van der Waals surface area contributed by atoms with Gasteiger partial charge in [-0.3, -0.25) is 0 Å². The molecule has 2 unspecified atom stereocenters. The second kappa shape index (κ2) is 4.82. The second-order valence-electron chi connectivity index (χ2n) is 6.10. The topological polar surface area (TPSA) is 12.0 Å². The van der Waals surface area contributed by atoms with Gasteiger partial charge in [-0.15, -0.1) is 0 Å². The summed E-state index contributed by atoms with van der Waals surface area (Å²) in [5.41, 5.74) is 0.134. The summed E-state index contributed by atoms with van der Waals surface area (Å²) in [6.45, 7) is 6.95. The van der Waals surface area contributed by atoms with Gasteiger partial charge < -0.3 is 5.32 Å². The first-order valence-electron chi connectivity index (χ1n) is 6.61. The molecule has 2 atom stereocenters. The third-order valence-electron chi connectivity index (χ3n) is 4.12. The molecule has 19 heavy (non-hydrogen) atoms. The van der Waals surface area contributed by atoms with E-state index in [1.54, 1.807) is 19.1 Å². The van der Waals surface area contributed by atoms with Crippen LogP contribution in [0.15, 0.2) is 24.3 Å². The molecule has 1 aliphatic rings. The molecule has 106 valence electrons. The van der Waals surface area contributed by atoms with Crippen LogP contribution >= 0.6 is 0 Å². The van der Waals surface area contributed by atoms with Crippen LogP contribution in [0.2, 0.25) is 0 Å². The van der Waals surface area contributed by atoms with E-state index in [-0.39, 0.29) is 6.04 Å². The Morgan fingerprint density at radius 3 is 2.42 bits per heavy atom. The zero-order valence-electron chi connectivity index (χ0n) is 11.5. The predicted molar refractivity (Wildman–Crippen MR) is 69.7 cm³/mol. The van der Waals surface area contributed by atoms with Gasteiger partial charge in [0.05, 0.1) is 5.56 Å². The summed E-state index contributed by atoms with van der Waals surface area (Å²) in [4.78, 5) is 0. The molecular formula is C15H20F3N. The average Bonchev–Trinajstić information content (AvgIpc) is 2.93. The number of benzene rings is 1. The molecule has 1 aliphatic carbocycles. The van der Waals surface area contributed by atoms with Gasteiger partial charge in [0.2, 0.25) is 0 Å². The summed E-state index contributed by atoms with van der Waals surface area (Å²) < 4.78 is 38.7. The molecule has 0 spiro atoms. The first-order chi connectivity index (χ1) is 8.72. The van der Waals surface area contributed by atoms with Crippen molar-refractivity contribution < 1.29 is 13.2 Å². The molecule has 2 rings (SSSR count). The number of alkyl halides is 3. The summed E-state index contributed by atoms with van der Waals surface area (Å²) in [6.07, 6.45) is -3.14. The monoisotopic (exact) mass is 271 g/mol. The lowest BCUT2D eigenvalue weighted by molar-refractivity contribution is -0.138. The fourth-order valence-corrected chi connectivity index (χ4v) is 2.49. The van der Waals surface area contributed by atoms with Crippen LogP contribution in [-0.2, 0) is 6.18 Å². The van der Waals surface area contributed by atoms with E-state index in [2.05, 4.69) is 19.2 Å². The predicted octanol–water partition coefficient (Wildman–Crippen LogP) is 4.40. The van der Waals surface area contributed by atoms with Gasteiger partial charge in [0.1, 0.15) is 0 Å². The molecule has 0 radical (unpaired) electrons. The minimum Gasteiger partial charge on any atom is -0.310 e. The van der Waals surface area contributed by atoms with Crippen LogP contribution in [0.1, 0.15) is 44.4 Å². The fourth-order valence-electron chi connectivity index (χ4n) is 2.49. The number of halogens is 3. The maximum absolute atomic E-state index is 12.9. The summed E-state index contributed by atoms with van der Waals surface area (Å²) >= 11 is 0. The number of hydrogen-bond acceptors (Lipinski definition) is 1.